The molecule has 2 rings (SSSR count). The first-order chi connectivity index (χ1) is 30.2. The first-order valence-electron chi connectivity index (χ1n) is 20.8. The Hall–Kier alpha value is -7.52. The predicted octanol–water partition coefficient (Wildman–Crippen LogP) is 3.10. The van der Waals surface area contributed by atoms with E-state index >= 15 is 0 Å². The van der Waals surface area contributed by atoms with Crippen molar-refractivity contribution in [3.8, 4) is 0 Å². The van der Waals surface area contributed by atoms with Crippen LogP contribution in [0.1, 0.15) is 137 Å². The first-order valence-corrected chi connectivity index (χ1v) is 20.8. The van der Waals surface area contributed by atoms with E-state index in [2.05, 4.69) is 92.8 Å². The van der Waals surface area contributed by atoms with Gasteiger partial charge in [0.15, 0.2) is 0 Å². The lowest BCUT2D eigenvalue weighted by Crippen LogP contribution is -2.38. The molecule has 0 radical (unpaired) electrons. The number of nitrogens with two attached hydrogens (primary N) is 6. The Bertz CT molecular complexity index is 2260. The van der Waals surface area contributed by atoms with Gasteiger partial charge in [-0.1, -0.05) is 89.2 Å². The van der Waals surface area contributed by atoms with Gasteiger partial charge < -0.3 is 34.4 Å². The summed E-state index contributed by atoms with van der Waals surface area (Å²) in [7, 11) is 0. The van der Waals surface area contributed by atoms with E-state index in [-0.39, 0.29) is 74.6 Å². The number of carbonyl (C=O) groups excluding carboxylic acids is 4. The van der Waals surface area contributed by atoms with Gasteiger partial charge in [-0.3, -0.25) is 61.2 Å². The van der Waals surface area contributed by atoms with Crippen LogP contribution >= 0.6 is 0 Å². The molecule has 18 N–H and O–H groups in total. The fourth-order valence-electron chi connectivity index (χ4n) is 4.33. The summed E-state index contributed by atoms with van der Waals surface area (Å²) in [5.41, 5.74) is 34.7. The molecule has 0 fully saturated rings. The maximum Gasteiger partial charge on any atom is 0.258 e. The minimum atomic E-state index is -0.614. The van der Waals surface area contributed by atoms with Crippen LogP contribution in [-0.4, -0.2) is 84.1 Å². The summed E-state index contributed by atoms with van der Waals surface area (Å²) < 4.78 is 0. The summed E-state index contributed by atoms with van der Waals surface area (Å²) in [5, 5.41) is 25.1. The van der Waals surface area contributed by atoms with Gasteiger partial charge in [-0.25, -0.2) is 9.98 Å². The Kier molecular flexibility index (Phi) is 21.0. The molecule has 0 aromatic heterocycles. The van der Waals surface area contributed by atoms with Crippen LogP contribution in [0.5, 0.6) is 0 Å². The lowest BCUT2D eigenvalue weighted by Gasteiger charge is -2.17. The van der Waals surface area contributed by atoms with Crippen LogP contribution in [0, 0.1) is 32.5 Å². The van der Waals surface area contributed by atoms with Crippen LogP contribution in [0.2, 0.25) is 0 Å². The number of benzene rings is 2. The number of nitrogens with zero attached hydrogens (tertiary/aromatic N) is 6. The largest absolute Gasteiger partial charge is 0.387 e. The summed E-state index contributed by atoms with van der Waals surface area (Å²) in [5.74, 6) is -3.12. The molecule has 0 spiro atoms. The van der Waals surface area contributed by atoms with Crippen molar-refractivity contribution in [1.29, 1.82) is 10.8 Å². The number of amidine groups is 2. The van der Waals surface area contributed by atoms with Crippen LogP contribution < -0.4 is 55.7 Å². The standard InChI is InChI=1S/2C22H35N9O2/c1-21(2,3)11-12-27-18(24)31-20(26)29-16(33)14-9-7-13(8-10-14)15(32)28-19(25)30-17(23)22(4,5)6;1-21(2,3)10-11-27-18(24)31-20(26)29-16(33)14-9-7-8-13(12-14)15(32)28-19(25)30-17(23)22(4,5)6/h7-10H,11-12H2,1-6H3,(H4,23,25,28,30,32)(H5,24,26,27,29,31,33);7-9,12H,10-11H2,1-6H3,(H4,23,25,28,30,32)(H5,24,26,27,29,31,33). The minimum Gasteiger partial charge on any atom is -0.387 e. The Morgan fingerprint density at radius 3 is 1.09 bits per heavy atom. The van der Waals surface area contributed by atoms with E-state index in [1.807, 2.05) is 41.5 Å². The van der Waals surface area contributed by atoms with Gasteiger partial charge in [0, 0.05) is 46.2 Å². The first kappa shape index (κ1) is 56.5. The molecule has 360 valence electrons. The van der Waals surface area contributed by atoms with E-state index in [0.29, 0.717) is 13.1 Å². The van der Waals surface area contributed by atoms with Gasteiger partial charge in [-0.15, -0.1) is 0 Å². The lowest BCUT2D eigenvalue weighted by atomic mass is 9.92. The zero-order valence-electron chi connectivity index (χ0n) is 40.2. The van der Waals surface area contributed by atoms with Crippen LogP contribution in [0.3, 0.4) is 0 Å². The number of amides is 4. The highest BCUT2D eigenvalue weighted by Gasteiger charge is 2.19. The van der Waals surface area contributed by atoms with Crippen molar-refractivity contribution in [3.63, 3.8) is 0 Å². The number of aliphatic imine (C=N–C) groups is 6. The van der Waals surface area contributed by atoms with E-state index in [1.165, 1.54) is 48.5 Å². The number of nitrogens with one attached hydrogen (secondary N) is 6. The quantitative estimate of drug-likeness (QED) is 0.136. The van der Waals surface area contributed by atoms with Gasteiger partial charge in [0.2, 0.25) is 35.8 Å². The average molecular weight is 915 g/mol. The third-order valence-electron chi connectivity index (χ3n) is 8.49. The third-order valence-corrected chi connectivity index (χ3v) is 8.49. The van der Waals surface area contributed by atoms with E-state index < -0.39 is 40.4 Å². The minimum absolute atomic E-state index is 0.0266. The molecule has 0 saturated carbocycles. The van der Waals surface area contributed by atoms with Crippen LogP contribution in [0.25, 0.3) is 0 Å². The normalized spacial score (nSPS) is 13.5. The van der Waals surface area contributed by atoms with Gasteiger partial charge in [-0.2, -0.15) is 9.98 Å². The molecule has 0 unspecified atom stereocenters. The summed E-state index contributed by atoms with van der Waals surface area (Å²) in [6.07, 6.45) is 1.64. The molecule has 0 bridgehead atoms. The Morgan fingerprint density at radius 1 is 0.470 bits per heavy atom. The predicted molar refractivity (Wildman–Crippen MR) is 265 cm³/mol. The number of rotatable bonds is 8. The summed E-state index contributed by atoms with van der Waals surface area (Å²) in [6, 6.07) is 11.6. The van der Waals surface area contributed by atoms with Gasteiger partial charge in [0.05, 0.1) is 0 Å². The number of carbonyl (C=O) groups is 4. The molecule has 0 saturated heterocycles. The van der Waals surface area contributed by atoms with Crippen molar-refractivity contribution in [2.75, 3.05) is 13.1 Å². The second kappa shape index (κ2) is 24.5. The lowest BCUT2D eigenvalue weighted by molar-refractivity contribution is 0.0964. The molecule has 2 aromatic rings. The summed E-state index contributed by atoms with van der Waals surface area (Å²) in [4.78, 5) is 73.2. The molecule has 2 aromatic carbocycles. The van der Waals surface area contributed by atoms with Gasteiger partial charge >= 0.3 is 0 Å². The number of hydrogen-bond acceptors (Lipinski definition) is 8. The van der Waals surface area contributed by atoms with Gasteiger partial charge in [0.1, 0.15) is 11.7 Å². The van der Waals surface area contributed by atoms with Crippen molar-refractivity contribution in [3.05, 3.63) is 70.8 Å². The van der Waals surface area contributed by atoms with Gasteiger partial charge in [-0.05, 0) is 66.1 Å². The highest BCUT2D eigenvalue weighted by Crippen LogP contribution is 2.19. The second-order valence-corrected chi connectivity index (χ2v) is 19.3. The SMILES string of the molecule is CC(C)(C)CCN=C(N)N=C(N)NC(=O)c1ccc(C(=O)NC(=N)N=C(N)C(C)(C)C)cc1.CC(C)(C)CCN=C(N)N=C(N)NC(=O)c1cccc(C(=O)NC(=N)N=C(N)C(C)(C)C)c1. The monoisotopic (exact) mass is 915 g/mol. The molecule has 66 heavy (non-hydrogen) atoms. The number of guanidine groups is 6. The fourth-order valence-corrected chi connectivity index (χ4v) is 4.33. The molecule has 4 amide bonds. The van der Waals surface area contributed by atoms with Crippen LogP contribution in [0.4, 0.5) is 0 Å². The van der Waals surface area contributed by atoms with Crippen molar-refractivity contribution in [2.45, 2.75) is 95.9 Å². The summed E-state index contributed by atoms with van der Waals surface area (Å²) in [6.45, 7) is 24.5. The molecular formula is C44H70N18O4. The maximum atomic E-state index is 12.5. The third kappa shape index (κ3) is 23.2. The van der Waals surface area contributed by atoms with E-state index in [9.17, 15) is 19.2 Å². The van der Waals surface area contributed by atoms with Crippen molar-refractivity contribution in [2.24, 2.45) is 86.0 Å². The molecule has 0 aliphatic carbocycles. The van der Waals surface area contributed by atoms with Gasteiger partial charge in [0.25, 0.3) is 23.6 Å². The van der Waals surface area contributed by atoms with Crippen LogP contribution in [0.15, 0.2) is 78.5 Å². The zero-order chi connectivity index (χ0) is 50.8. The van der Waals surface area contributed by atoms with Crippen molar-refractivity contribution >= 4 is 71.1 Å². The highest BCUT2D eigenvalue weighted by molar-refractivity contribution is 6.12. The molecule has 0 atom stereocenters. The zero-order valence-corrected chi connectivity index (χ0v) is 40.2. The van der Waals surface area contributed by atoms with E-state index in [0.717, 1.165) is 12.8 Å². The molecule has 0 aliphatic rings. The fraction of sp³-hybridized carbons (Fsp3) is 0.455. The smallest absolute Gasteiger partial charge is 0.258 e. The summed E-state index contributed by atoms with van der Waals surface area (Å²) >= 11 is 0. The molecule has 0 heterocycles. The average Bonchev–Trinajstić information content (AvgIpc) is 3.16. The molecule has 0 aliphatic heterocycles. The topological polar surface area (TPSA) is 394 Å². The van der Waals surface area contributed by atoms with Crippen molar-refractivity contribution in [1.82, 2.24) is 21.3 Å². The van der Waals surface area contributed by atoms with E-state index in [4.69, 9.17) is 45.2 Å². The second-order valence-electron chi connectivity index (χ2n) is 19.3. The number of hydrogen-bond donors (Lipinski definition) is 12. The van der Waals surface area contributed by atoms with E-state index in [1.54, 1.807) is 0 Å². The van der Waals surface area contributed by atoms with Crippen LogP contribution in [-0.2, 0) is 0 Å². The van der Waals surface area contributed by atoms with Crippen molar-refractivity contribution < 1.29 is 19.2 Å². The Morgan fingerprint density at radius 2 is 0.773 bits per heavy atom. The molecule has 22 nitrogen and oxygen atoms in total. The molecular weight excluding hydrogens is 845 g/mol. The Balaban J connectivity index is 0.000000660. The maximum absolute atomic E-state index is 12.5. The Labute approximate surface area is 387 Å². The highest BCUT2D eigenvalue weighted by atomic mass is 16.2. The molecule has 22 heteroatoms.